The van der Waals surface area contributed by atoms with Crippen LogP contribution >= 0.6 is 15.9 Å². The number of benzene rings is 1. The lowest BCUT2D eigenvalue weighted by Gasteiger charge is -2.20. The minimum atomic E-state index is -0.609. The average Bonchev–Trinajstić information content (AvgIpc) is 2.46. The van der Waals surface area contributed by atoms with Crippen molar-refractivity contribution in [2.24, 2.45) is 0 Å². The number of aromatic nitrogens is 1. The highest BCUT2D eigenvalue weighted by atomic mass is 79.9. The zero-order valence-electron chi connectivity index (χ0n) is 12.0. The molecule has 1 aromatic heterocycles. The van der Waals surface area contributed by atoms with Gasteiger partial charge in [-0.15, -0.1) is 0 Å². The summed E-state index contributed by atoms with van der Waals surface area (Å²) in [6.45, 7) is 4.50. The molecule has 1 heterocycles. The smallest absolute Gasteiger partial charge is 0.145 e. The largest absolute Gasteiger partial charge is 0.305 e. The van der Waals surface area contributed by atoms with Crippen molar-refractivity contribution in [2.45, 2.75) is 26.3 Å². The number of hydrogen-bond donors (Lipinski definition) is 1. The fourth-order valence-electron chi connectivity index (χ4n) is 2.18. The van der Waals surface area contributed by atoms with Crippen molar-refractivity contribution >= 4 is 15.9 Å². The van der Waals surface area contributed by atoms with E-state index in [2.05, 4.69) is 26.2 Å². The summed E-state index contributed by atoms with van der Waals surface area (Å²) in [6.07, 6.45) is 0.861. The first-order valence-corrected chi connectivity index (χ1v) is 7.64. The third kappa shape index (κ3) is 3.66. The molecule has 0 spiro atoms. The van der Waals surface area contributed by atoms with Gasteiger partial charge in [-0.05, 0) is 60.1 Å². The van der Waals surface area contributed by atoms with E-state index in [0.717, 1.165) is 12.1 Å². The summed E-state index contributed by atoms with van der Waals surface area (Å²) in [6, 6.07) is 7.50. The molecule has 0 aliphatic carbocycles. The molecule has 0 bridgehead atoms. The zero-order valence-corrected chi connectivity index (χ0v) is 13.5. The topological polar surface area (TPSA) is 24.9 Å². The molecule has 0 saturated heterocycles. The van der Waals surface area contributed by atoms with E-state index in [1.165, 1.54) is 12.1 Å². The normalized spacial score (nSPS) is 12.4. The molecule has 1 atom stereocenters. The number of halogens is 3. The zero-order chi connectivity index (χ0) is 15.4. The molecule has 2 aromatic rings. The minimum Gasteiger partial charge on any atom is -0.305 e. The van der Waals surface area contributed by atoms with Gasteiger partial charge in [0.2, 0.25) is 0 Å². The van der Waals surface area contributed by atoms with Gasteiger partial charge in [-0.1, -0.05) is 13.0 Å². The molecule has 1 aromatic carbocycles. The highest BCUT2D eigenvalue weighted by Gasteiger charge is 2.24. The van der Waals surface area contributed by atoms with Crippen LogP contribution in [0.25, 0.3) is 0 Å². The van der Waals surface area contributed by atoms with E-state index in [4.69, 9.17) is 0 Å². The quantitative estimate of drug-likeness (QED) is 0.798. The number of hydrogen-bond acceptors (Lipinski definition) is 2. The summed E-state index contributed by atoms with van der Waals surface area (Å²) in [5.74, 6) is -1.17. The Morgan fingerprint density at radius 1 is 1.24 bits per heavy atom. The van der Waals surface area contributed by atoms with Crippen molar-refractivity contribution in [2.75, 3.05) is 6.54 Å². The highest BCUT2D eigenvalue weighted by molar-refractivity contribution is 9.10. The Hall–Kier alpha value is -1.33. The van der Waals surface area contributed by atoms with E-state index < -0.39 is 17.7 Å². The van der Waals surface area contributed by atoms with Gasteiger partial charge in [-0.3, -0.25) is 4.98 Å². The molecule has 0 saturated carbocycles. The second-order valence-electron chi connectivity index (χ2n) is 4.85. The summed E-state index contributed by atoms with van der Waals surface area (Å²) in [7, 11) is 0. The van der Waals surface area contributed by atoms with Gasteiger partial charge in [-0.25, -0.2) is 8.78 Å². The van der Waals surface area contributed by atoms with Crippen molar-refractivity contribution in [3.05, 3.63) is 63.4 Å². The molecular formula is C16H17BrF2N2. The van der Waals surface area contributed by atoms with E-state index in [-0.39, 0.29) is 10.0 Å². The van der Waals surface area contributed by atoms with Crippen molar-refractivity contribution < 1.29 is 8.78 Å². The summed E-state index contributed by atoms with van der Waals surface area (Å²) in [4.78, 5) is 4.40. The van der Waals surface area contributed by atoms with Gasteiger partial charge < -0.3 is 5.32 Å². The Morgan fingerprint density at radius 2 is 2.00 bits per heavy atom. The van der Waals surface area contributed by atoms with E-state index in [1.807, 2.05) is 26.0 Å². The molecule has 0 fully saturated rings. The predicted octanol–water partition coefficient (Wildman–Crippen LogP) is 4.52. The number of pyridine rings is 1. The fourth-order valence-corrected chi connectivity index (χ4v) is 2.52. The third-order valence-electron chi connectivity index (χ3n) is 3.17. The van der Waals surface area contributed by atoms with Crippen molar-refractivity contribution in [1.82, 2.24) is 10.3 Å². The lowest BCUT2D eigenvalue weighted by molar-refractivity contribution is 0.494. The number of nitrogens with one attached hydrogen (secondary N) is 1. The Bertz CT molecular complexity index is 632. The van der Waals surface area contributed by atoms with Crippen LogP contribution in [-0.4, -0.2) is 11.5 Å². The molecule has 0 radical (unpaired) electrons. The molecule has 112 valence electrons. The molecule has 2 nitrogen and oxygen atoms in total. The maximum atomic E-state index is 14.4. The second-order valence-corrected chi connectivity index (χ2v) is 5.70. The summed E-state index contributed by atoms with van der Waals surface area (Å²) in [5, 5.41) is 3.17. The van der Waals surface area contributed by atoms with Crippen LogP contribution < -0.4 is 5.32 Å². The molecule has 1 unspecified atom stereocenters. The molecule has 0 aliphatic heterocycles. The number of aryl methyl sites for hydroxylation is 1. The Morgan fingerprint density at radius 3 is 2.67 bits per heavy atom. The van der Waals surface area contributed by atoms with Gasteiger partial charge in [0.1, 0.15) is 11.6 Å². The van der Waals surface area contributed by atoms with Crippen LogP contribution in [0, 0.1) is 18.6 Å². The van der Waals surface area contributed by atoms with Crippen molar-refractivity contribution in [3.8, 4) is 0 Å². The summed E-state index contributed by atoms with van der Waals surface area (Å²) < 4.78 is 28.8. The van der Waals surface area contributed by atoms with Gasteiger partial charge in [-0.2, -0.15) is 0 Å². The molecule has 2 rings (SSSR count). The first kappa shape index (κ1) is 16.0. The van der Waals surface area contributed by atoms with Crippen molar-refractivity contribution in [1.29, 1.82) is 0 Å². The first-order valence-electron chi connectivity index (χ1n) is 6.85. The van der Waals surface area contributed by atoms with Crippen LogP contribution in [0.2, 0.25) is 0 Å². The molecule has 0 amide bonds. The number of rotatable bonds is 5. The molecule has 0 aliphatic rings. The molecular weight excluding hydrogens is 338 g/mol. The predicted molar refractivity (Wildman–Crippen MR) is 83.2 cm³/mol. The van der Waals surface area contributed by atoms with E-state index >= 15 is 0 Å². The summed E-state index contributed by atoms with van der Waals surface area (Å²) >= 11 is 3.11. The minimum absolute atomic E-state index is 0.00377. The van der Waals surface area contributed by atoms with Crippen LogP contribution in [0.15, 0.2) is 34.8 Å². The van der Waals surface area contributed by atoms with Crippen LogP contribution in [-0.2, 0) is 0 Å². The first-order chi connectivity index (χ1) is 10.0. The van der Waals surface area contributed by atoms with Crippen LogP contribution in [0.5, 0.6) is 0 Å². The average molecular weight is 355 g/mol. The maximum absolute atomic E-state index is 14.4. The highest BCUT2D eigenvalue weighted by Crippen LogP contribution is 2.30. The van der Waals surface area contributed by atoms with Gasteiger partial charge in [0, 0.05) is 11.3 Å². The molecule has 5 heteroatoms. The van der Waals surface area contributed by atoms with Gasteiger partial charge in [0.05, 0.1) is 16.2 Å². The van der Waals surface area contributed by atoms with Crippen LogP contribution in [0.3, 0.4) is 0 Å². The Labute approximate surface area is 131 Å². The van der Waals surface area contributed by atoms with Gasteiger partial charge in [0.25, 0.3) is 0 Å². The maximum Gasteiger partial charge on any atom is 0.145 e. The molecule has 21 heavy (non-hydrogen) atoms. The van der Waals surface area contributed by atoms with Gasteiger partial charge >= 0.3 is 0 Å². The number of nitrogens with zero attached hydrogens (tertiary/aromatic N) is 1. The monoisotopic (exact) mass is 354 g/mol. The Kier molecular flexibility index (Phi) is 5.42. The fraction of sp³-hybridized carbons (Fsp3) is 0.312. The third-order valence-corrected chi connectivity index (χ3v) is 3.78. The van der Waals surface area contributed by atoms with E-state index in [0.29, 0.717) is 12.2 Å². The second kappa shape index (κ2) is 7.09. The molecule has 1 N–H and O–H groups in total. The van der Waals surface area contributed by atoms with E-state index in [9.17, 15) is 8.78 Å². The van der Waals surface area contributed by atoms with Crippen LogP contribution in [0.1, 0.15) is 36.3 Å². The van der Waals surface area contributed by atoms with Crippen LogP contribution in [0.4, 0.5) is 8.78 Å². The lowest BCUT2D eigenvalue weighted by atomic mass is 10.0. The summed E-state index contributed by atoms with van der Waals surface area (Å²) in [5.41, 5.74) is 1.42. The van der Waals surface area contributed by atoms with Gasteiger partial charge in [0.15, 0.2) is 0 Å². The SMILES string of the molecule is CCCNC(c1cccc(C)n1)c1c(F)ccc(Br)c1F. The Balaban J connectivity index is 2.53. The van der Waals surface area contributed by atoms with Crippen molar-refractivity contribution in [3.63, 3.8) is 0 Å². The standard InChI is InChI=1S/C16H17BrF2N2/c1-3-9-20-16(13-6-4-5-10(2)21-13)14-12(18)8-7-11(17)15(14)19/h4-8,16,20H,3,9H2,1-2H3. The lowest BCUT2D eigenvalue weighted by Crippen LogP contribution is -2.26. The van der Waals surface area contributed by atoms with E-state index in [1.54, 1.807) is 6.07 Å².